The summed E-state index contributed by atoms with van der Waals surface area (Å²) in [6.45, 7) is 5.21. The number of carbonyl (C=O) groups is 1. The molecule has 0 aliphatic heterocycles. The standard InChI is InChI=1S/C9H17NO2/c1-4-6-9(12)8(5-2)10-7(3)11/h4,6,8-9,12H,5H2,1-3H3,(H,10,11)/b6-4+/t8-,9+/m0/s1. The molecule has 1 amide bonds. The maximum absolute atomic E-state index is 10.7. The number of hydrogen-bond donors (Lipinski definition) is 2. The van der Waals surface area contributed by atoms with E-state index in [1.165, 1.54) is 6.92 Å². The lowest BCUT2D eigenvalue weighted by Crippen LogP contribution is -2.40. The fourth-order valence-electron chi connectivity index (χ4n) is 1.02. The van der Waals surface area contributed by atoms with Gasteiger partial charge < -0.3 is 10.4 Å². The Kier molecular flexibility index (Phi) is 5.37. The fourth-order valence-corrected chi connectivity index (χ4v) is 1.02. The van der Waals surface area contributed by atoms with E-state index in [0.29, 0.717) is 0 Å². The second kappa shape index (κ2) is 5.77. The van der Waals surface area contributed by atoms with Crippen molar-refractivity contribution in [3.8, 4) is 0 Å². The van der Waals surface area contributed by atoms with E-state index in [9.17, 15) is 9.90 Å². The van der Waals surface area contributed by atoms with Gasteiger partial charge in [0, 0.05) is 6.92 Å². The monoisotopic (exact) mass is 171 g/mol. The van der Waals surface area contributed by atoms with E-state index in [1.807, 2.05) is 13.8 Å². The molecule has 3 heteroatoms. The number of rotatable bonds is 4. The van der Waals surface area contributed by atoms with Crippen LogP contribution in [-0.2, 0) is 4.79 Å². The summed E-state index contributed by atoms with van der Waals surface area (Å²) in [6, 6.07) is -0.168. The molecule has 0 saturated carbocycles. The van der Waals surface area contributed by atoms with Crippen LogP contribution < -0.4 is 5.32 Å². The van der Waals surface area contributed by atoms with E-state index in [-0.39, 0.29) is 11.9 Å². The van der Waals surface area contributed by atoms with E-state index in [2.05, 4.69) is 5.32 Å². The minimum absolute atomic E-state index is 0.106. The van der Waals surface area contributed by atoms with Crippen LogP contribution in [0.5, 0.6) is 0 Å². The van der Waals surface area contributed by atoms with Gasteiger partial charge in [-0.2, -0.15) is 0 Å². The summed E-state index contributed by atoms with van der Waals surface area (Å²) < 4.78 is 0. The molecule has 0 heterocycles. The summed E-state index contributed by atoms with van der Waals surface area (Å²) in [7, 11) is 0. The first-order valence-corrected chi connectivity index (χ1v) is 4.19. The summed E-state index contributed by atoms with van der Waals surface area (Å²) in [6.07, 6.45) is 3.59. The van der Waals surface area contributed by atoms with Crippen LogP contribution in [0.25, 0.3) is 0 Å². The second-order valence-electron chi connectivity index (χ2n) is 2.73. The molecule has 2 N–H and O–H groups in total. The Balaban J connectivity index is 4.04. The molecule has 0 saturated heterocycles. The van der Waals surface area contributed by atoms with Gasteiger partial charge in [0.2, 0.25) is 5.91 Å². The number of nitrogens with one attached hydrogen (secondary N) is 1. The third-order valence-corrected chi connectivity index (χ3v) is 1.63. The highest BCUT2D eigenvalue weighted by atomic mass is 16.3. The van der Waals surface area contributed by atoms with Crippen LogP contribution in [0.2, 0.25) is 0 Å². The van der Waals surface area contributed by atoms with Gasteiger partial charge in [-0.05, 0) is 13.3 Å². The molecule has 0 radical (unpaired) electrons. The van der Waals surface area contributed by atoms with Gasteiger partial charge in [-0.3, -0.25) is 4.79 Å². The zero-order valence-electron chi connectivity index (χ0n) is 7.87. The van der Waals surface area contributed by atoms with Crippen molar-refractivity contribution < 1.29 is 9.90 Å². The molecule has 0 bridgehead atoms. The molecular formula is C9H17NO2. The number of carbonyl (C=O) groups excluding carboxylic acids is 1. The maximum Gasteiger partial charge on any atom is 0.217 e. The molecule has 3 nitrogen and oxygen atoms in total. The Bertz CT molecular complexity index is 166. The van der Waals surface area contributed by atoms with Crippen molar-refractivity contribution in [3.63, 3.8) is 0 Å². The quantitative estimate of drug-likeness (QED) is 0.616. The predicted octanol–water partition coefficient (Wildman–Crippen LogP) is 0.838. The van der Waals surface area contributed by atoms with Gasteiger partial charge in [-0.1, -0.05) is 19.1 Å². The van der Waals surface area contributed by atoms with Crippen molar-refractivity contribution in [1.82, 2.24) is 5.32 Å². The normalized spacial score (nSPS) is 16.0. The molecule has 12 heavy (non-hydrogen) atoms. The maximum atomic E-state index is 10.7. The van der Waals surface area contributed by atoms with Gasteiger partial charge >= 0.3 is 0 Å². The Hall–Kier alpha value is -0.830. The van der Waals surface area contributed by atoms with Crippen LogP contribution in [0, 0.1) is 0 Å². The van der Waals surface area contributed by atoms with Crippen LogP contribution in [0.15, 0.2) is 12.2 Å². The SMILES string of the molecule is C/C=C/[C@@H](O)[C@H](CC)NC(C)=O. The Labute approximate surface area is 73.5 Å². The molecule has 0 aromatic carbocycles. The Morgan fingerprint density at radius 3 is 2.58 bits per heavy atom. The predicted molar refractivity (Wildman–Crippen MR) is 48.7 cm³/mol. The van der Waals surface area contributed by atoms with E-state index >= 15 is 0 Å². The van der Waals surface area contributed by atoms with Crippen molar-refractivity contribution in [2.75, 3.05) is 0 Å². The number of amides is 1. The first kappa shape index (κ1) is 11.2. The third kappa shape index (κ3) is 4.13. The lowest BCUT2D eigenvalue weighted by atomic mass is 10.1. The van der Waals surface area contributed by atoms with Gasteiger partial charge in [0.1, 0.15) is 0 Å². The van der Waals surface area contributed by atoms with Gasteiger partial charge in [0.15, 0.2) is 0 Å². The second-order valence-corrected chi connectivity index (χ2v) is 2.73. The van der Waals surface area contributed by atoms with Crippen LogP contribution in [0.4, 0.5) is 0 Å². The van der Waals surface area contributed by atoms with Crippen LogP contribution >= 0.6 is 0 Å². The molecule has 0 aliphatic carbocycles. The highest BCUT2D eigenvalue weighted by Gasteiger charge is 2.14. The molecule has 2 atom stereocenters. The Morgan fingerprint density at radius 2 is 2.25 bits per heavy atom. The molecule has 0 fully saturated rings. The lowest BCUT2D eigenvalue weighted by molar-refractivity contribution is -0.120. The van der Waals surface area contributed by atoms with E-state index in [1.54, 1.807) is 12.2 Å². The van der Waals surface area contributed by atoms with Gasteiger partial charge in [0.25, 0.3) is 0 Å². The summed E-state index contributed by atoms with van der Waals surface area (Å²) in [5.41, 5.74) is 0. The smallest absolute Gasteiger partial charge is 0.217 e. The highest BCUT2D eigenvalue weighted by molar-refractivity contribution is 5.73. The minimum Gasteiger partial charge on any atom is -0.387 e. The summed E-state index contributed by atoms with van der Waals surface area (Å²) in [5.74, 6) is -0.106. The highest BCUT2D eigenvalue weighted by Crippen LogP contribution is 2.00. The van der Waals surface area contributed by atoms with E-state index in [0.717, 1.165) is 6.42 Å². The van der Waals surface area contributed by atoms with Gasteiger partial charge in [0.05, 0.1) is 12.1 Å². The summed E-state index contributed by atoms with van der Waals surface area (Å²) in [4.78, 5) is 10.7. The first-order chi connectivity index (χ1) is 5.61. The van der Waals surface area contributed by atoms with Crippen molar-refractivity contribution >= 4 is 5.91 Å². The first-order valence-electron chi connectivity index (χ1n) is 4.19. The average molecular weight is 171 g/mol. The number of allylic oxidation sites excluding steroid dienone is 1. The largest absolute Gasteiger partial charge is 0.387 e. The molecule has 0 aromatic rings. The zero-order valence-corrected chi connectivity index (χ0v) is 7.87. The number of aliphatic hydroxyl groups is 1. The van der Waals surface area contributed by atoms with Crippen LogP contribution in [0.3, 0.4) is 0 Å². The minimum atomic E-state index is -0.580. The Morgan fingerprint density at radius 1 is 1.67 bits per heavy atom. The lowest BCUT2D eigenvalue weighted by Gasteiger charge is -2.19. The third-order valence-electron chi connectivity index (χ3n) is 1.63. The molecule has 0 spiro atoms. The molecule has 0 unspecified atom stereocenters. The van der Waals surface area contributed by atoms with Crippen molar-refractivity contribution in [3.05, 3.63) is 12.2 Å². The van der Waals surface area contributed by atoms with E-state index < -0.39 is 6.10 Å². The zero-order chi connectivity index (χ0) is 9.56. The summed E-state index contributed by atoms with van der Waals surface area (Å²) in [5, 5.41) is 12.1. The molecule has 70 valence electrons. The molecule has 0 aromatic heterocycles. The van der Waals surface area contributed by atoms with Crippen molar-refractivity contribution in [2.24, 2.45) is 0 Å². The fraction of sp³-hybridized carbons (Fsp3) is 0.667. The number of aliphatic hydroxyl groups excluding tert-OH is 1. The van der Waals surface area contributed by atoms with Crippen molar-refractivity contribution in [1.29, 1.82) is 0 Å². The van der Waals surface area contributed by atoms with E-state index in [4.69, 9.17) is 0 Å². The van der Waals surface area contributed by atoms with Crippen LogP contribution in [-0.4, -0.2) is 23.2 Å². The van der Waals surface area contributed by atoms with Gasteiger partial charge in [-0.25, -0.2) is 0 Å². The molecular weight excluding hydrogens is 154 g/mol. The summed E-state index contributed by atoms with van der Waals surface area (Å²) >= 11 is 0. The average Bonchev–Trinajstić information content (AvgIpc) is 2.00. The number of hydrogen-bond acceptors (Lipinski definition) is 2. The molecule has 0 rings (SSSR count). The molecule has 0 aliphatic rings. The van der Waals surface area contributed by atoms with Crippen LogP contribution in [0.1, 0.15) is 27.2 Å². The van der Waals surface area contributed by atoms with Gasteiger partial charge in [-0.15, -0.1) is 0 Å². The topological polar surface area (TPSA) is 49.3 Å². The van der Waals surface area contributed by atoms with Crippen molar-refractivity contribution in [2.45, 2.75) is 39.3 Å².